The molecule has 1 amide bonds. The molecule has 0 aliphatic heterocycles. The number of aryl methyl sites for hydroxylation is 1. The smallest absolute Gasteiger partial charge is 0.252 e. The SMILES string of the molecule is [CH2-]C(CC(C)(C)C)C(=O)C(C)(C)C.[CH2-]CCc1ccc(C(=O)NCC)c(P(=O)(c2ccccc2)c2ccccc2)c1.[Y]. The number of amides is 1. The fraction of sp³-hybridized carbons (Fsp3) is 0.389. The molecular formula is C36H48NO3PY-2. The zero-order chi connectivity index (χ0) is 30.8. The second kappa shape index (κ2) is 16.8. The van der Waals surface area contributed by atoms with Crippen molar-refractivity contribution in [3.63, 3.8) is 0 Å². The largest absolute Gasteiger partial charge is 0.352 e. The van der Waals surface area contributed by atoms with Crippen LogP contribution in [-0.2, 0) is 48.5 Å². The van der Waals surface area contributed by atoms with E-state index in [4.69, 9.17) is 0 Å². The fourth-order valence-electron chi connectivity index (χ4n) is 4.79. The van der Waals surface area contributed by atoms with Gasteiger partial charge in [0.05, 0.1) is 5.56 Å². The molecule has 0 heterocycles. The molecule has 1 unspecified atom stereocenters. The van der Waals surface area contributed by atoms with Gasteiger partial charge in [-0.2, -0.15) is 6.42 Å². The van der Waals surface area contributed by atoms with E-state index in [0.717, 1.165) is 35.4 Å². The molecule has 0 bridgehead atoms. The molecule has 4 nitrogen and oxygen atoms in total. The van der Waals surface area contributed by atoms with Gasteiger partial charge in [-0.25, -0.2) is 0 Å². The summed E-state index contributed by atoms with van der Waals surface area (Å²) in [6.07, 6.45) is 2.37. The van der Waals surface area contributed by atoms with Gasteiger partial charge in [0.15, 0.2) is 7.14 Å². The molecule has 42 heavy (non-hydrogen) atoms. The summed E-state index contributed by atoms with van der Waals surface area (Å²) in [7, 11) is -3.22. The Kier molecular flexibility index (Phi) is 15.3. The van der Waals surface area contributed by atoms with Crippen LogP contribution in [0.3, 0.4) is 0 Å². The summed E-state index contributed by atoms with van der Waals surface area (Å²) in [5, 5.41) is 4.88. The Morgan fingerprint density at radius 3 is 1.76 bits per heavy atom. The average molecular weight is 663 g/mol. The van der Waals surface area contributed by atoms with Crippen LogP contribution in [0.1, 0.15) is 77.2 Å². The van der Waals surface area contributed by atoms with Crippen molar-refractivity contribution in [1.29, 1.82) is 0 Å². The standard InChI is InChI=1S/C24H25NO2P.C12H23O.Y/c1-3-11-19-16-17-22(24(26)25-4-2)23(18-19)28(27,20-12-7-5-8-13-20)21-14-9-6-10-15-21;1-9(8-11(2,3)4)10(13)12(5,6)7;/h5-10,12-18H,1,3-4,11H2,2H3,(H,25,26);9H,1,8H2,2-7H3;/q2*-1;. The summed E-state index contributed by atoms with van der Waals surface area (Å²) in [6, 6.07) is 24.5. The Labute approximate surface area is 280 Å². The molecule has 3 aromatic rings. The molecule has 1 radical (unpaired) electrons. The zero-order valence-electron chi connectivity index (χ0n) is 26.6. The molecule has 0 aliphatic rings. The van der Waals surface area contributed by atoms with Gasteiger partial charge < -0.3 is 28.5 Å². The molecule has 1 N–H and O–H groups in total. The van der Waals surface area contributed by atoms with Crippen molar-refractivity contribution in [2.45, 2.75) is 67.7 Å². The van der Waals surface area contributed by atoms with Crippen LogP contribution < -0.4 is 21.2 Å². The molecular weight excluding hydrogens is 614 g/mol. The van der Waals surface area contributed by atoms with Crippen LogP contribution in [0.5, 0.6) is 0 Å². The Bertz CT molecular complexity index is 1280. The van der Waals surface area contributed by atoms with E-state index in [0.29, 0.717) is 17.4 Å². The van der Waals surface area contributed by atoms with E-state index in [1.54, 1.807) is 6.07 Å². The molecule has 0 fully saturated rings. The third-order valence-corrected chi connectivity index (χ3v) is 9.76. The maximum atomic E-state index is 14.7. The maximum absolute atomic E-state index is 14.7. The van der Waals surface area contributed by atoms with Gasteiger partial charge in [-0.05, 0) is 30.0 Å². The molecule has 0 saturated heterocycles. The van der Waals surface area contributed by atoms with Crippen LogP contribution in [0.15, 0.2) is 78.9 Å². The first-order valence-corrected chi connectivity index (χ1v) is 16.2. The molecule has 3 aromatic carbocycles. The number of Topliss-reactive ketones (excluding diaryl/α,β-unsaturated/α-hetero) is 1. The normalized spacial score (nSPS) is 12.3. The van der Waals surface area contributed by atoms with Gasteiger partial charge in [0.2, 0.25) is 0 Å². The second-order valence-corrected chi connectivity index (χ2v) is 15.4. The van der Waals surface area contributed by atoms with Gasteiger partial charge in [0, 0.05) is 60.6 Å². The van der Waals surface area contributed by atoms with Crippen LogP contribution in [0.25, 0.3) is 0 Å². The first-order chi connectivity index (χ1) is 19.1. The van der Waals surface area contributed by atoms with Crippen LogP contribution in [0, 0.1) is 30.6 Å². The predicted octanol–water partition coefficient (Wildman–Crippen LogP) is 7.33. The molecule has 1 atom stereocenters. The molecule has 0 aliphatic carbocycles. The topological polar surface area (TPSA) is 63.2 Å². The van der Waals surface area contributed by atoms with E-state index in [1.807, 2.05) is 100 Å². The van der Waals surface area contributed by atoms with Gasteiger partial charge in [-0.1, -0.05) is 121 Å². The van der Waals surface area contributed by atoms with E-state index in [1.165, 1.54) is 0 Å². The van der Waals surface area contributed by atoms with Crippen molar-refractivity contribution in [1.82, 2.24) is 5.32 Å². The van der Waals surface area contributed by atoms with E-state index in [9.17, 15) is 14.2 Å². The summed E-state index contributed by atoms with van der Waals surface area (Å²) in [5.74, 6) is -0.00631. The number of carbonyl (C=O) groups is 2. The van der Waals surface area contributed by atoms with Gasteiger partial charge in [0.1, 0.15) is 5.78 Å². The van der Waals surface area contributed by atoms with Crippen molar-refractivity contribution >= 4 is 34.7 Å². The number of nitrogens with one attached hydrogen (secondary N) is 1. The number of carbonyl (C=O) groups excluding carboxylic acids is 2. The van der Waals surface area contributed by atoms with Crippen LogP contribution in [0.4, 0.5) is 0 Å². The van der Waals surface area contributed by atoms with Crippen LogP contribution in [0.2, 0.25) is 0 Å². The monoisotopic (exact) mass is 662 g/mol. The molecule has 6 heteroatoms. The van der Waals surface area contributed by atoms with Crippen molar-refractivity contribution < 1.29 is 46.9 Å². The molecule has 0 aromatic heterocycles. The van der Waals surface area contributed by atoms with Crippen molar-refractivity contribution in [2.75, 3.05) is 6.54 Å². The summed E-state index contributed by atoms with van der Waals surface area (Å²) < 4.78 is 14.7. The molecule has 225 valence electrons. The Balaban J connectivity index is 0.000000537. The quantitative estimate of drug-likeness (QED) is 0.193. The minimum absolute atomic E-state index is 0. The third kappa shape index (κ3) is 10.7. The van der Waals surface area contributed by atoms with E-state index < -0.39 is 7.14 Å². The summed E-state index contributed by atoms with van der Waals surface area (Å²) in [4.78, 5) is 24.6. The minimum atomic E-state index is -3.22. The van der Waals surface area contributed by atoms with Crippen molar-refractivity contribution in [2.24, 2.45) is 16.7 Å². The van der Waals surface area contributed by atoms with Crippen molar-refractivity contribution in [3.05, 3.63) is 104 Å². The third-order valence-electron chi connectivity index (χ3n) is 6.66. The fourth-order valence-corrected chi connectivity index (χ4v) is 7.69. The maximum Gasteiger partial charge on any atom is 0.252 e. The summed E-state index contributed by atoms with van der Waals surface area (Å²) in [6.45, 7) is 22.5. The molecule has 0 spiro atoms. The number of ketones is 1. The second-order valence-electron chi connectivity index (χ2n) is 12.7. The first-order valence-electron chi connectivity index (χ1n) is 14.4. The van der Waals surface area contributed by atoms with Crippen LogP contribution in [-0.4, -0.2) is 18.2 Å². The van der Waals surface area contributed by atoms with Crippen LogP contribution >= 0.6 is 7.14 Å². The first kappa shape index (κ1) is 38.2. The Morgan fingerprint density at radius 2 is 1.36 bits per heavy atom. The zero-order valence-corrected chi connectivity index (χ0v) is 30.3. The summed E-state index contributed by atoms with van der Waals surface area (Å²) in [5.41, 5.74) is 1.43. The Morgan fingerprint density at radius 1 is 0.857 bits per heavy atom. The number of rotatable bonds is 9. The Hall–Kier alpha value is -1.87. The van der Waals surface area contributed by atoms with E-state index in [2.05, 4.69) is 39.9 Å². The van der Waals surface area contributed by atoms with Gasteiger partial charge >= 0.3 is 0 Å². The number of benzene rings is 3. The number of hydrogen-bond donors (Lipinski definition) is 1. The molecule has 0 saturated carbocycles. The number of hydrogen-bond acceptors (Lipinski definition) is 3. The molecule has 3 rings (SSSR count). The van der Waals surface area contributed by atoms with Crippen molar-refractivity contribution in [3.8, 4) is 0 Å². The summed E-state index contributed by atoms with van der Waals surface area (Å²) >= 11 is 0. The van der Waals surface area contributed by atoms with E-state index >= 15 is 0 Å². The van der Waals surface area contributed by atoms with Gasteiger partial charge in [-0.15, -0.1) is 5.92 Å². The minimum Gasteiger partial charge on any atom is -0.352 e. The van der Waals surface area contributed by atoms with Gasteiger partial charge in [-0.3, -0.25) is 4.79 Å². The van der Waals surface area contributed by atoms with E-state index in [-0.39, 0.29) is 61.1 Å². The predicted molar refractivity (Wildman–Crippen MR) is 175 cm³/mol. The van der Waals surface area contributed by atoms with Gasteiger partial charge in [0.25, 0.3) is 5.91 Å². The average Bonchev–Trinajstić information content (AvgIpc) is 2.92.